The van der Waals surface area contributed by atoms with E-state index in [2.05, 4.69) is 5.43 Å². The highest BCUT2D eigenvalue weighted by atomic mass is 16.6. The lowest BCUT2D eigenvalue weighted by Crippen LogP contribution is -2.44. The molecule has 1 amide bonds. The third-order valence-corrected chi connectivity index (χ3v) is 1.87. The molecule has 1 aliphatic rings. The molecule has 0 aliphatic carbocycles. The van der Waals surface area contributed by atoms with Crippen molar-refractivity contribution < 1.29 is 9.53 Å². The van der Waals surface area contributed by atoms with E-state index >= 15 is 0 Å². The number of carbonyl (C=O) groups is 1. The number of hydrogen-bond acceptors (Lipinski definition) is 4. The minimum atomic E-state index is -0.452. The number of amides is 1. The Morgan fingerprint density at radius 2 is 2.21 bits per heavy atom. The van der Waals surface area contributed by atoms with Gasteiger partial charge in [-0.15, -0.1) is 0 Å². The molecule has 82 valence electrons. The Hall–Kier alpha value is -0.810. The molecule has 1 unspecified atom stereocenters. The normalized spacial score (nSPS) is 23.6. The van der Waals surface area contributed by atoms with Gasteiger partial charge < -0.3 is 10.5 Å². The maximum Gasteiger partial charge on any atom is 0.422 e. The Balaban J connectivity index is 2.27. The zero-order chi connectivity index (χ0) is 10.8. The average molecular weight is 201 g/mol. The molecule has 3 N–H and O–H groups in total. The van der Waals surface area contributed by atoms with Gasteiger partial charge in [-0.25, -0.2) is 9.80 Å². The number of nitrogens with zero attached hydrogens (tertiary/aromatic N) is 1. The van der Waals surface area contributed by atoms with Crippen molar-refractivity contribution in [2.45, 2.75) is 38.8 Å². The first kappa shape index (κ1) is 11.3. The van der Waals surface area contributed by atoms with Gasteiger partial charge in [0.05, 0.1) is 0 Å². The van der Waals surface area contributed by atoms with Gasteiger partial charge in [-0.1, -0.05) is 0 Å². The fraction of sp³-hybridized carbons (Fsp3) is 0.889. The van der Waals surface area contributed by atoms with Gasteiger partial charge in [0.25, 0.3) is 0 Å². The maximum atomic E-state index is 11.3. The Labute approximate surface area is 84.5 Å². The topological polar surface area (TPSA) is 67.6 Å². The molecule has 0 bridgehead atoms. The average Bonchev–Trinajstić information content (AvgIpc) is 2.30. The van der Waals surface area contributed by atoms with Crippen LogP contribution in [0, 0.1) is 0 Å². The zero-order valence-electron chi connectivity index (χ0n) is 9.04. The van der Waals surface area contributed by atoms with Gasteiger partial charge in [0.2, 0.25) is 0 Å². The van der Waals surface area contributed by atoms with Crippen LogP contribution in [-0.2, 0) is 4.74 Å². The first-order valence-corrected chi connectivity index (χ1v) is 4.87. The van der Waals surface area contributed by atoms with Gasteiger partial charge in [0.1, 0.15) is 5.60 Å². The standard InChI is InChI=1S/C9H19N3O2/c1-9(2,3)14-8(13)11-12-5-4-7(10)6-12/h7H,4-6,10H2,1-3H3,(H,11,13). The number of nitrogens with two attached hydrogens (primary N) is 1. The molecule has 5 heteroatoms. The van der Waals surface area contributed by atoms with E-state index in [1.54, 1.807) is 5.01 Å². The molecule has 0 aromatic carbocycles. The van der Waals surface area contributed by atoms with Crippen LogP contribution in [0.5, 0.6) is 0 Å². The van der Waals surface area contributed by atoms with E-state index < -0.39 is 11.7 Å². The fourth-order valence-corrected chi connectivity index (χ4v) is 1.32. The van der Waals surface area contributed by atoms with Gasteiger partial charge in [0.15, 0.2) is 0 Å². The molecule has 1 saturated heterocycles. The van der Waals surface area contributed by atoms with E-state index in [9.17, 15) is 4.79 Å². The number of hydrogen-bond donors (Lipinski definition) is 2. The molecule has 0 aromatic heterocycles. The van der Waals surface area contributed by atoms with Crippen molar-refractivity contribution in [3.8, 4) is 0 Å². The molecule has 0 aromatic rings. The molecule has 0 saturated carbocycles. The van der Waals surface area contributed by atoms with E-state index in [1.165, 1.54) is 0 Å². The van der Waals surface area contributed by atoms with E-state index in [1.807, 2.05) is 20.8 Å². The molecule has 5 nitrogen and oxygen atoms in total. The molecule has 14 heavy (non-hydrogen) atoms. The van der Waals surface area contributed by atoms with E-state index in [0.29, 0.717) is 6.54 Å². The monoisotopic (exact) mass is 201 g/mol. The molecule has 1 fully saturated rings. The van der Waals surface area contributed by atoms with Gasteiger partial charge in [-0.3, -0.25) is 5.43 Å². The highest BCUT2D eigenvalue weighted by Crippen LogP contribution is 2.08. The zero-order valence-corrected chi connectivity index (χ0v) is 9.04. The van der Waals surface area contributed by atoms with Crippen molar-refractivity contribution in [1.82, 2.24) is 10.4 Å². The van der Waals surface area contributed by atoms with Crippen LogP contribution in [-0.4, -0.2) is 35.8 Å². The number of ether oxygens (including phenoxy) is 1. The largest absolute Gasteiger partial charge is 0.443 e. The van der Waals surface area contributed by atoms with Gasteiger partial charge in [-0.2, -0.15) is 0 Å². The van der Waals surface area contributed by atoms with Gasteiger partial charge >= 0.3 is 6.09 Å². The summed E-state index contributed by atoms with van der Waals surface area (Å²) < 4.78 is 5.10. The SMILES string of the molecule is CC(C)(C)OC(=O)NN1CCC(N)C1. The van der Waals surface area contributed by atoms with Crippen molar-refractivity contribution in [3.63, 3.8) is 0 Å². The Morgan fingerprint density at radius 1 is 1.57 bits per heavy atom. The van der Waals surface area contributed by atoms with Gasteiger partial charge in [-0.05, 0) is 27.2 Å². The molecule has 1 atom stereocenters. The summed E-state index contributed by atoms with van der Waals surface area (Å²) in [5.74, 6) is 0. The summed E-state index contributed by atoms with van der Waals surface area (Å²) in [4.78, 5) is 11.3. The molecule has 1 aliphatic heterocycles. The summed E-state index contributed by atoms with van der Waals surface area (Å²) in [6, 6.07) is 0.157. The number of carbonyl (C=O) groups excluding carboxylic acids is 1. The number of rotatable bonds is 1. The second-order valence-electron chi connectivity index (χ2n) is 4.61. The first-order valence-electron chi connectivity index (χ1n) is 4.87. The predicted octanol–water partition coefficient (Wildman–Crippen LogP) is 0.459. The molecule has 0 radical (unpaired) electrons. The fourth-order valence-electron chi connectivity index (χ4n) is 1.32. The minimum Gasteiger partial charge on any atom is -0.443 e. The maximum absolute atomic E-state index is 11.3. The summed E-state index contributed by atoms with van der Waals surface area (Å²) >= 11 is 0. The van der Waals surface area contributed by atoms with E-state index in [0.717, 1.165) is 13.0 Å². The third-order valence-electron chi connectivity index (χ3n) is 1.87. The summed E-state index contributed by atoms with van der Waals surface area (Å²) in [5, 5.41) is 1.79. The number of nitrogens with one attached hydrogen (secondary N) is 1. The first-order chi connectivity index (χ1) is 6.37. The van der Waals surface area contributed by atoms with Crippen LogP contribution in [0.25, 0.3) is 0 Å². The van der Waals surface area contributed by atoms with E-state index in [-0.39, 0.29) is 6.04 Å². The number of hydrazine groups is 1. The lowest BCUT2D eigenvalue weighted by molar-refractivity contribution is 0.0364. The van der Waals surface area contributed by atoms with Crippen LogP contribution in [0.15, 0.2) is 0 Å². The van der Waals surface area contributed by atoms with Crippen molar-refractivity contribution in [2.24, 2.45) is 5.73 Å². The van der Waals surface area contributed by atoms with Gasteiger partial charge in [0, 0.05) is 19.1 Å². The Morgan fingerprint density at radius 3 is 2.64 bits per heavy atom. The smallest absolute Gasteiger partial charge is 0.422 e. The predicted molar refractivity (Wildman–Crippen MR) is 53.5 cm³/mol. The lowest BCUT2D eigenvalue weighted by atomic mass is 10.2. The molecule has 1 rings (SSSR count). The highest BCUT2D eigenvalue weighted by Gasteiger charge is 2.23. The second kappa shape index (κ2) is 4.14. The summed E-state index contributed by atoms with van der Waals surface area (Å²) in [7, 11) is 0. The molecule has 1 heterocycles. The second-order valence-corrected chi connectivity index (χ2v) is 4.61. The van der Waals surface area contributed by atoms with Crippen LogP contribution in [0.2, 0.25) is 0 Å². The lowest BCUT2D eigenvalue weighted by Gasteiger charge is -2.23. The van der Waals surface area contributed by atoms with Crippen LogP contribution < -0.4 is 11.2 Å². The van der Waals surface area contributed by atoms with Crippen LogP contribution in [0.3, 0.4) is 0 Å². The van der Waals surface area contributed by atoms with Crippen molar-refractivity contribution in [3.05, 3.63) is 0 Å². The molecular formula is C9H19N3O2. The van der Waals surface area contributed by atoms with Crippen LogP contribution in [0.1, 0.15) is 27.2 Å². The summed E-state index contributed by atoms with van der Waals surface area (Å²) in [5.41, 5.74) is 7.90. The van der Waals surface area contributed by atoms with Crippen molar-refractivity contribution in [1.29, 1.82) is 0 Å². The minimum absolute atomic E-state index is 0.157. The summed E-state index contributed by atoms with van der Waals surface area (Å²) in [6.07, 6.45) is 0.502. The van der Waals surface area contributed by atoms with Crippen LogP contribution >= 0.6 is 0 Å². The van der Waals surface area contributed by atoms with Crippen LogP contribution in [0.4, 0.5) is 4.79 Å². The summed E-state index contributed by atoms with van der Waals surface area (Å²) in [6.45, 7) is 6.99. The molecule has 0 spiro atoms. The quantitative estimate of drug-likeness (QED) is 0.646. The third kappa shape index (κ3) is 3.93. The van der Waals surface area contributed by atoms with E-state index in [4.69, 9.17) is 10.5 Å². The highest BCUT2D eigenvalue weighted by molar-refractivity contribution is 5.67. The van der Waals surface area contributed by atoms with Crippen molar-refractivity contribution in [2.75, 3.05) is 13.1 Å². The van der Waals surface area contributed by atoms with Crippen molar-refractivity contribution >= 4 is 6.09 Å². The molecular weight excluding hydrogens is 182 g/mol. The Bertz CT molecular complexity index is 213. The Kier molecular flexibility index (Phi) is 3.34.